The topological polar surface area (TPSA) is 71.3 Å². The highest BCUT2D eigenvalue weighted by Gasteiger charge is 2.26. The lowest BCUT2D eigenvalue weighted by atomic mass is 10.0. The Labute approximate surface area is 132 Å². The average Bonchev–Trinajstić information content (AvgIpc) is 2.98. The van der Waals surface area contributed by atoms with Crippen LogP contribution in [0.5, 0.6) is 0 Å². The molecule has 124 valence electrons. The lowest BCUT2D eigenvalue weighted by molar-refractivity contribution is -0.124. The molecule has 2 N–H and O–H groups in total. The molecule has 2 amide bonds. The third-order valence-electron chi connectivity index (χ3n) is 3.61. The molecule has 1 heterocycles. The maximum absolute atomic E-state index is 12.4. The first-order valence-electron chi connectivity index (χ1n) is 8.10. The van der Waals surface area contributed by atoms with E-state index in [2.05, 4.69) is 17.6 Å². The largest absolute Gasteiger partial charge is 0.459 e. The summed E-state index contributed by atoms with van der Waals surface area (Å²) in [6.45, 7) is 7.98. The summed E-state index contributed by atoms with van der Waals surface area (Å²) >= 11 is 0. The zero-order chi connectivity index (χ0) is 16.5. The molecule has 0 radical (unpaired) electrons. The van der Waals surface area contributed by atoms with Gasteiger partial charge in [0.15, 0.2) is 5.76 Å². The van der Waals surface area contributed by atoms with Gasteiger partial charge in [-0.1, -0.05) is 40.0 Å². The van der Waals surface area contributed by atoms with Crippen LogP contribution in [0.1, 0.15) is 63.9 Å². The Balaban J connectivity index is 2.55. The molecule has 0 aliphatic carbocycles. The average molecular weight is 308 g/mol. The van der Waals surface area contributed by atoms with E-state index in [0.717, 1.165) is 19.3 Å². The minimum atomic E-state index is -0.564. The van der Waals surface area contributed by atoms with Gasteiger partial charge in [-0.2, -0.15) is 0 Å². The van der Waals surface area contributed by atoms with Gasteiger partial charge in [0.05, 0.1) is 6.26 Å². The molecule has 0 aromatic carbocycles. The van der Waals surface area contributed by atoms with Gasteiger partial charge in [-0.25, -0.2) is 0 Å². The van der Waals surface area contributed by atoms with Crippen molar-refractivity contribution in [3.8, 4) is 0 Å². The van der Waals surface area contributed by atoms with Crippen molar-refractivity contribution in [1.82, 2.24) is 10.6 Å². The lowest BCUT2D eigenvalue weighted by Gasteiger charge is -2.23. The van der Waals surface area contributed by atoms with Crippen molar-refractivity contribution in [3.63, 3.8) is 0 Å². The van der Waals surface area contributed by atoms with Crippen LogP contribution < -0.4 is 10.6 Å². The minimum Gasteiger partial charge on any atom is -0.459 e. The number of hydrogen-bond acceptors (Lipinski definition) is 3. The first-order valence-corrected chi connectivity index (χ1v) is 8.10. The summed E-state index contributed by atoms with van der Waals surface area (Å²) in [5, 5.41) is 5.73. The summed E-state index contributed by atoms with van der Waals surface area (Å²) in [4.78, 5) is 24.4. The van der Waals surface area contributed by atoms with Crippen molar-refractivity contribution >= 4 is 11.8 Å². The Bertz CT molecular complexity index is 454. The van der Waals surface area contributed by atoms with E-state index in [-0.39, 0.29) is 29.5 Å². The summed E-state index contributed by atoms with van der Waals surface area (Å²) < 4.78 is 5.06. The second-order valence-electron chi connectivity index (χ2n) is 6.08. The number of nitrogens with one attached hydrogen (secondary N) is 2. The number of hydrogen-bond donors (Lipinski definition) is 2. The van der Waals surface area contributed by atoms with Gasteiger partial charge >= 0.3 is 0 Å². The van der Waals surface area contributed by atoms with Crippen molar-refractivity contribution in [3.05, 3.63) is 24.2 Å². The first kappa shape index (κ1) is 18.3. The molecular formula is C17H28N2O3. The summed E-state index contributed by atoms with van der Waals surface area (Å²) in [6.07, 6.45) is 5.83. The summed E-state index contributed by atoms with van der Waals surface area (Å²) in [5.41, 5.74) is 0. The van der Waals surface area contributed by atoms with Crippen LogP contribution in [-0.4, -0.2) is 23.9 Å². The monoisotopic (exact) mass is 308 g/mol. The normalized spacial score (nSPS) is 13.7. The van der Waals surface area contributed by atoms with E-state index < -0.39 is 6.04 Å². The third kappa shape index (κ3) is 5.92. The van der Waals surface area contributed by atoms with Gasteiger partial charge in [-0.05, 0) is 31.4 Å². The third-order valence-corrected chi connectivity index (χ3v) is 3.61. The van der Waals surface area contributed by atoms with Crippen LogP contribution in [0.15, 0.2) is 22.8 Å². The smallest absolute Gasteiger partial charge is 0.287 e. The quantitative estimate of drug-likeness (QED) is 0.689. The van der Waals surface area contributed by atoms with Gasteiger partial charge < -0.3 is 15.1 Å². The fraction of sp³-hybridized carbons (Fsp3) is 0.647. The molecule has 2 atom stereocenters. The van der Waals surface area contributed by atoms with E-state index in [1.165, 1.54) is 12.7 Å². The van der Waals surface area contributed by atoms with E-state index in [9.17, 15) is 9.59 Å². The van der Waals surface area contributed by atoms with Gasteiger partial charge in [0.1, 0.15) is 6.04 Å². The second kappa shape index (κ2) is 9.28. The van der Waals surface area contributed by atoms with E-state index in [1.54, 1.807) is 12.1 Å². The highest BCUT2D eigenvalue weighted by Crippen LogP contribution is 2.08. The minimum absolute atomic E-state index is 0.00162. The Morgan fingerprint density at radius 2 is 1.91 bits per heavy atom. The molecule has 5 nitrogen and oxygen atoms in total. The number of carbonyl (C=O) groups is 2. The molecule has 0 fully saturated rings. The Morgan fingerprint density at radius 3 is 2.45 bits per heavy atom. The standard InChI is InChI=1S/C17H28N2O3/c1-5-6-7-9-13(4)18-17(21)15(12(2)3)19-16(20)14-10-8-11-22-14/h8,10-13,15H,5-7,9H2,1-4H3,(H,18,21)(H,19,20)/t13-,15+/m1/s1. The molecule has 0 saturated carbocycles. The number of rotatable bonds is 9. The van der Waals surface area contributed by atoms with E-state index in [1.807, 2.05) is 20.8 Å². The molecule has 0 bridgehead atoms. The molecule has 1 rings (SSSR count). The van der Waals surface area contributed by atoms with Gasteiger partial charge in [0.2, 0.25) is 5.91 Å². The first-order chi connectivity index (χ1) is 10.5. The molecule has 0 aliphatic heterocycles. The van der Waals surface area contributed by atoms with Gasteiger partial charge in [-0.3, -0.25) is 9.59 Å². The predicted molar refractivity (Wildman–Crippen MR) is 86.5 cm³/mol. The molecule has 1 aromatic rings. The molecular weight excluding hydrogens is 280 g/mol. The molecule has 0 unspecified atom stereocenters. The Morgan fingerprint density at radius 1 is 1.18 bits per heavy atom. The van der Waals surface area contributed by atoms with E-state index in [4.69, 9.17) is 4.42 Å². The predicted octanol–water partition coefficient (Wildman–Crippen LogP) is 3.12. The molecule has 22 heavy (non-hydrogen) atoms. The van der Waals surface area contributed by atoms with Crippen molar-refractivity contribution in [2.45, 2.75) is 65.5 Å². The highest BCUT2D eigenvalue weighted by molar-refractivity contribution is 5.95. The fourth-order valence-corrected chi connectivity index (χ4v) is 2.26. The highest BCUT2D eigenvalue weighted by atomic mass is 16.3. The maximum Gasteiger partial charge on any atom is 0.287 e. The molecule has 1 aromatic heterocycles. The fourth-order valence-electron chi connectivity index (χ4n) is 2.26. The van der Waals surface area contributed by atoms with Gasteiger partial charge in [0.25, 0.3) is 5.91 Å². The van der Waals surface area contributed by atoms with Crippen LogP contribution in [0.25, 0.3) is 0 Å². The van der Waals surface area contributed by atoms with Crippen molar-refractivity contribution < 1.29 is 14.0 Å². The number of amides is 2. The summed E-state index contributed by atoms with van der Waals surface area (Å²) in [7, 11) is 0. The van der Waals surface area contributed by atoms with Crippen molar-refractivity contribution in [2.75, 3.05) is 0 Å². The molecule has 0 aliphatic rings. The van der Waals surface area contributed by atoms with Crippen LogP contribution in [0, 0.1) is 5.92 Å². The van der Waals surface area contributed by atoms with Crippen molar-refractivity contribution in [1.29, 1.82) is 0 Å². The number of carbonyl (C=O) groups excluding carboxylic acids is 2. The van der Waals surface area contributed by atoms with Crippen LogP contribution in [0.4, 0.5) is 0 Å². The second-order valence-corrected chi connectivity index (χ2v) is 6.08. The van der Waals surface area contributed by atoms with Crippen LogP contribution in [0.2, 0.25) is 0 Å². The van der Waals surface area contributed by atoms with Crippen molar-refractivity contribution in [2.24, 2.45) is 5.92 Å². The zero-order valence-electron chi connectivity index (χ0n) is 14.0. The van der Waals surface area contributed by atoms with Gasteiger partial charge in [-0.15, -0.1) is 0 Å². The van der Waals surface area contributed by atoms with Crippen LogP contribution >= 0.6 is 0 Å². The maximum atomic E-state index is 12.4. The number of furan rings is 1. The molecule has 0 spiro atoms. The van der Waals surface area contributed by atoms with Gasteiger partial charge in [0, 0.05) is 6.04 Å². The zero-order valence-corrected chi connectivity index (χ0v) is 14.0. The SMILES string of the molecule is CCCCC[C@@H](C)NC(=O)[C@@H](NC(=O)c1ccco1)C(C)C. The summed E-state index contributed by atoms with van der Waals surface area (Å²) in [5.74, 6) is -0.285. The van der Waals surface area contributed by atoms with Crippen LogP contribution in [-0.2, 0) is 4.79 Å². The Kier molecular flexibility index (Phi) is 7.71. The Hall–Kier alpha value is -1.78. The number of unbranched alkanes of at least 4 members (excludes halogenated alkanes) is 2. The summed E-state index contributed by atoms with van der Waals surface area (Å²) in [6, 6.07) is 2.78. The van der Waals surface area contributed by atoms with E-state index >= 15 is 0 Å². The van der Waals surface area contributed by atoms with Crippen LogP contribution in [0.3, 0.4) is 0 Å². The molecule has 0 saturated heterocycles. The van der Waals surface area contributed by atoms with E-state index in [0.29, 0.717) is 0 Å². The lowest BCUT2D eigenvalue weighted by Crippen LogP contribution is -2.51. The molecule has 5 heteroatoms.